The first-order chi connectivity index (χ1) is 38.7. The molecule has 2 heterocycles. The standard InChI is InChI=1S/C65H42N.C11H8N.Ir/c1-3-16-44(17-4-1)52-37-53(45-18-5-2-6-19-45)39-55(38-52)56-40-54(49-24-13-25-51(36-49)64-30-11-12-35-66-64)41-57(42-56)65-62(61-29-15-23-47-21-8-10-27-59(47)61)34-33-48-31-32-50(43-63(48)65)60-28-14-22-46-20-7-9-26-58(46)60;1-2-6-10(7-3-1)11-8-4-5-9-12-11;/h1-24,26-43H;1-6,8-9H;/q2*-1;. The Hall–Kier alpha value is -9.63. The fourth-order valence-corrected chi connectivity index (χ4v) is 10.8. The van der Waals surface area contributed by atoms with E-state index in [9.17, 15) is 0 Å². The van der Waals surface area contributed by atoms with Crippen LogP contribution in [0.4, 0.5) is 0 Å². The van der Waals surface area contributed by atoms with E-state index in [0.717, 1.165) is 50.3 Å². The number of pyridine rings is 2. The molecule has 0 aliphatic heterocycles. The van der Waals surface area contributed by atoms with Gasteiger partial charge in [0.1, 0.15) is 0 Å². The second kappa shape index (κ2) is 22.9. The van der Waals surface area contributed by atoms with Crippen LogP contribution >= 0.6 is 0 Å². The Morgan fingerprint density at radius 2 is 0.722 bits per heavy atom. The van der Waals surface area contributed by atoms with Crippen LogP contribution in [0.5, 0.6) is 0 Å². The molecular formula is C76H50IrN2-2. The maximum Gasteiger partial charge on any atom is 0.0160 e. The van der Waals surface area contributed by atoms with Crippen LogP contribution in [0, 0.1) is 12.1 Å². The van der Waals surface area contributed by atoms with Gasteiger partial charge in [-0.05, 0) is 171 Å². The largest absolute Gasteiger partial charge is 0.305 e. The number of benzene rings is 12. The average Bonchev–Trinajstić information content (AvgIpc) is 3.58. The first-order valence-corrected chi connectivity index (χ1v) is 26.4. The van der Waals surface area contributed by atoms with Crippen LogP contribution in [0.2, 0.25) is 0 Å². The molecule has 0 aliphatic carbocycles. The van der Waals surface area contributed by atoms with Gasteiger partial charge in [0, 0.05) is 32.5 Å². The third-order valence-electron chi connectivity index (χ3n) is 14.6. The molecule has 0 fully saturated rings. The molecule has 2 aromatic heterocycles. The van der Waals surface area contributed by atoms with Crippen LogP contribution in [0.1, 0.15) is 0 Å². The van der Waals surface area contributed by atoms with Gasteiger partial charge in [-0.15, -0.1) is 71.3 Å². The van der Waals surface area contributed by atoms with Gasteiger partial charge in [-0.3, -0.25) is 0 Å². The molecule has 0 N–H and O–H groups in total. The molecule has 79 heavy (non-hydrogen) atoms. The van der Waals surface area contributed by atoms with Gasteiger partial charge in [0.15, 0.2) is 0 Å². The summed E-state index contributed by atoms with van der Waals surface area (Å²) in [6.45, 7) is 0. The second-order valence-corrected chi connectivity index (χ2v) is 19.5. The second-order valence-electron chi connectivity index (χ2n) is 19.5. The predicted molar refractivity (Wildman–Crippen MR) is 328 cm³/mol. The number of hydrogen-bond acceptors (Lipinski definition) is 2. The smallest absolute Gasteiger partial charge is 0.0160 e. The van der Waals surface area contributed by atoms with Crippen LogP contribution in [-0.4, -0.2) is 9.97 Å². The molecule has 375 valence electrons. The van der Waals surface area contributed by atoms with Gasteiger partial charge >= 0.3 is 0 Å². The summed E-state index contributed by atoms with van der Waals surface area (Å²) in [6, 6.07) is 111. The molecule has 0 spiro atoms. The summed E-state index contributed by atoms with van der Waals surface area (Å²) < 4.78 is 0. The summed E-state index contributed by atoms with van der Waals surface area (Å²) in [5.74, 6) is 0. The van der Waals surface area contributed by atoms with Gasteiger partial charge in [0.05, 0.1) is 0 Å². The Bertz CT molecular complexity index is 4300. The fraction of sp³-hybridized carbons (Fsp3) is 0. The topological polar surface area (TPSA) is 25.8 Å². The van der Waals surface area contributed by atoms with Crippen molar-refractivity contribution >= 4 is 32.3 Å². The fourth-order valence-electron chi connectivity index (χ4n) is 10.8. The number of fused-ring (bicyclic) bond motifs is 3. The van der Waals surface area contributed by atoms with Gasteiger partial charge < -0.3 is 9.97 Å². The van der Waals surface area contributed by atoms with Gasteiger partial charge in [-0.25, -0.2) is 0 Å². The summed E-state index contributed by atoms with van der Waals surface area (Å²) in [4.78, 5) is 8.93. The summed E-state index contributed by atoms with van der Waals surface area (Å²) >= 11 is 0. The molecule has 1 radical (unpaired) electrons. The molecule has 0 aliphatic rings. The van der Waals surface area contributed by atoms with E-state index in [1.54, 1.807) is 6.20 Å². The van der Waals surface area contributed by atoms with Crippen LogP contribution in [0.15, 0.2) is 304 Å². The van der Waals surface area contributed by atoms with Crippen molar-refractivity contribution in [3.8, 4) is 100 Å². The van der Waals surface area contributed by atoms with E-state index >= 15 is 0 Å². The van der Waals surface area contributed by atoms with Crippen molar-refractivity contribution in [3.05, 3.63) is 316 Å². The van der Waals surface area contributed by atoms with E-state index in [1.165, 1.54) is 82.4 Å². The van der Waals surface area contributed by atoms with Gasteiger partial charge in [0.25, 0.3) is 0 Å². The summed E-state index contributed by atoms with van der Waals surface area (Å²) in [7, 11) is 0. The minimum absolute atomic E-state index is 0. The summed E-state index contributed by atoms with van der Waals surface area (Å²) in [5.41, 5.74) is 20.2. The van der Waals surface area contributed by atoms with Crippen molar-refractivity contribution in [3.63, 3.8) is 0 Å². The number of aromatic nitrogens is 2. The molecule has 0 bridgehead atoms. The van der Waals surface area contributed by atoms with Crippen molar-refractivity contribution < 1.29 is 20.1 Å². The average molecular weight is 1180 g/mol. The van der Waals surface area contributed by atoms with Crippen molar-refractivity contribution in [2.45, 2.75) is 0 Å². The van der Waals surface area contributed by atoms with E-state index in [2.05, 4.69) is 248 Å². The van der Waals surface area contributed by atoms with Gasteiger partial charge in [0.2, 0.25) is 0 Å². The number of nitrogens with zero attached hydrogens (tertiary/aromatic N) is 2. The first kappa shape index (κ1) is 50.2. The zero-order valence-corrected chi connectivity index (χ0v) is 45.5. The zero-order valence-electron chi connectivity index (χ0n) is 43.1. The molecule has 0 atom stereocenters. The van der Waals surface area contributed by atoms with Crippen LogP contribution < -0.4 is 0 Å². The zero-order chi connectivity index (χ0) is 52.0. The molecule has 0 unspecified atom stereocenters. The van der Waals surface area contributed by atoms with Crippen molar-refractivity contribution in [2.24, 2.45) is 0 Å². The minimum atomic E-state index is 0. The van der Waals surface area contributed by atoms with Crippen LogP contribution in [-0.2, 0) is 20.1 Å². The SMILES string of the molecule is [Ir].[c-]1ccc(-c2cc(-c3cc(-c4ccccc4)cc(-c4ccccc4)c3)cc(-c3c(-c4cccc5ccccc45)ccc4ccc(-c5cccc6ccccc56)cc34)c2)cc1-c1ccccn1.[c-]1ccccc1-c1ccccn1. The normalized spacial score (nSPS) is 10.9. The number of hydrogen-bond donors (Lipinski definition) is 0. The van der Waals surface area contributed by atoms with E-state index in [1.807, 2.05) is 66.9 Å². The molecule has 14 aromatic rings. The molecule has 0 saturated heterocycles. The third kappa shape index (κ3) is 10.6. The quantitative estimate of drug-likeness (QED) is 0.135. The molecule has 2 nitrogen and oxygen atoms in total. The van der Waals surface area contributed by atoms with E-state index in [0.29, 0.717) is 0 Å². The van der Waals surface area contributed by atoms with Crippen LogP contribution in [0.3, 0.4) is 0 Å². The van der Waals surface area contributed by atoms with E-state index in [4.69, 9.17) is 4.98 Å². The Morgan fingerprint density at radius 1 is 0.241 bits per heavy atom. The molecule has 12 aromatic carbocycles. The van der Waals surface area contributed by atoms with Crippen LogP contribution in [0.25, 0.3) is 133 Å². The molecule has 0 amide bonds. The van der Waals surface area contributed by atoms with E-state index in [-0.39, 0.29) is 20.1 Å². The molecule has 0 saturated carbocycles. The predicted octanol–water partition coefficient (Wildman–Crippen LogP) is 20.2. The van der Waals surface area contributed by atoms with Gasteiger partial charge in [-0.2, -0.15) is 0 Å². The Labute approximate surface area is 475 Å². The Morgan fingerprint density at radius 3 is 1.33 bits per heavy atom. The van der Waals surface area contributed by atoms with Crippen molar-refractivity contribution in [2.75, 3.05) is 0 Å². The molecular weight excluding hydrogens is 1130 g/mol. The van der Waals surface area contributed by atoms with Crippen molar-refractivity contribution in [1.29, 1.82) is 0 Å². The summed E-state index contributed by atoms with van der Waals surface area (Å²) in [6.07, 6.45) is 3.64. The molecule has 14 rings (SSSR count). The number of rotatable bonds is 9. The van der Waals surface area contributed by atoms with Crippen molar-refractivity contribution in [1.82, 2.24) is 9.97 Å². The minimum Gasteiger partial charge on any atom is -0.305 e. The Balaban J connectivity index is 0.000000423. The Kier molecular flexibility index (Phi) is 14.6. The van der Waals surface area contributed by atoms with Gasteiger partial charge in [-0.1, -0.05) is 194 Å². The summed E-state index contributed by atoms with van der Waals surface area (Å²) in [5, 5.41) is 7.31. The third-order valence-corrected chi connectivity index (χ3v) is 14.6. The maximum absolute atomic E-state index is 4.72. The first-order valence-electron chi connectivity index (χ1n) is 26.4. The van der Waals surface area contributed by atoms with E-state index < -0.39 is 0 Å². The maximum atomic E-state index is 4.72. The monoisotopic (exact) mass is 1180 g/mol. The molecule has 3 heteroatoms.